The van der Waals surface area contributed by atoms with E-state index in [1.165, 1.54) is 0 Å². The third-order valence-electron chi connectivity index (χ3n) is 4.06. The number of carbonyl (C=O) groups is 2. The number of carbonyl (C=O) groups excluding carboxylic acids is 2. The van der Waals surface area contributed by atoms with Crippen LogP contribution < -0.4 is 0 Å². The van der Waals surface area contributed by atoms with Gasteiger partial charge in [0.25, 0.3) is 0 Å². The van der Waals surface area contributed by atoms with Gasteiger partial charge in [0.15, 0.2) is 5.78 Å². The van der Waals surface area contributed by atoms with Crippen LogP contribution in [0.25, 0.3) is 0 Å². The van der Waals surface area contributed by atoms with E-state index in [0.717, 1.165) is 13.1 Å². The maximum Gasteiger partial charge on any atom is 0.340 e. The molecule has 23 heavy (non-hydrogen) atoms. The zero-order chi connectivity index (χ0) is 17.1. The second-order valence-corrected chi connectivity index (χ2v) is 6.22. The second-order valence-electron chi connectivity index (χ2n) is 6.22. The predicted molar refractivity (Wildman–Crippen MR) is 87.0 cm³/mol. The van der Waals surface area contributed by atoms with Gasteiger partial charge in [-0.25, -0.2) is 4.79 Å². The van der Waals surface area contributed by atoms with E-state index < -0.39 is 0 Å². The van der Waals surface area contributed by atoms with Crippen molar-refractivity contribution in [1.29, 1.82) is 0 Å². The van der Waals surface area contributed by atoms with E-state index in [4.69, 9.17) is 9.47 Å². The van der Waals surface area contributed by atoms with Gasteiger partial charge in [-0.05, 0) is 40.2 Å². The Morgan fingerprint density at radius 3 is 2.43 bits per heavy atom. The number of H-pyrrole nitrogens is 1. The van der Waals surface area contributed by atoms with Crippen LogP contribution in [-0.2, 0) is 9.47 Å². The molecule has 2 atom stereocenters. The van der Waals surface area contributed by atoms with E-state index >= 15 is 0 Å². The number of aromatic amines is 1. The first-order chi connectivity index (χ1) is 10.8. The molecule has 128 valence electrons. The summed E-state index contributed by atoms with van der Waals surface area (Å²) in [6, 6.07) is 0. The van der Waals surface area contributed by atoms with Gasteiger partial charge in [-0.3, -0.25) is 9.69 Å². The molecule has 1 fully saturated rings. The molecule has 1 aromatic rings. The number of nitrogens with one attached hydrogen (secondary N) is 1. The van der Waals surface area contributed by atoms with Crippen molar-refractivity contribution in [3.8, 4) is 0 Å². The molecular weight excluding hydrogens is 296 g/mol. The third-order valence-corrected chi connectivity index (χ3v) is 4.06. The minimum absolute atomic E-state index is 0.0116. The minimum atomic E-state index is -0.383. The van der Waals surface area contributed by atoms with Gasteiger partial charge in [-0.15, -0.1) is 0 Å². The molecule has 1 aliphatic rings. The lowest BCUT2D eigenvalue weighted by Gasteiger charge is -2.34. The highest BCUT2D eigenvalue weighted by Gasteiger charge is 2.27. The molecule has 0 aliphatic carbocycles. The molecule has 2 rings (SSSR count). The molecule has 0 radical (unpaired) electrons. The van der Waals surface area contributed by atoms with Gasteiger partial charge in [-0.1, -0.05) is 0 Å². The highest BCUT2D eigenvalue weighted by atomic mass is 16.5. The van der Waals surface area contributed by atoms with Crippen LogP contribution in [0.3, 0.4) is 0 Å². The fourth-order valence-corrected chi connectivity index (χ4v) is 3.23. The number of aromatic nitrogens is 1. The third kappa shape index (κ3) is 4.00. The van der Waals surface area contributed by atoms with E-state index in [2.05, 4.69) is 9.88 Å². The summed E-state index contributed by atoms with van der Waals surface area (Å²) in [5.41, 5.74) is 2.31. The van der Waals surface area contributed by atoms with E-state index in [9.17, 15) is 9.59 Å². The Hall–Kier alpha value is -1.66. The molecule has 0 amide bonds. The lowest BCUT2D eigenvalue weighted by atomic mass is 10.1. The average molecular weight is 322 g/mol. The van der Waals surface area contributed by atoms with Crippen LogP contribution in [0.1, 0.15) is 52.9 Å². The van der Waals surface area contributed by atoms with Crippen molar-refractivity contribution in [2.24, 2.45) is 0 Å². The van der Waals surface area contributed by atoms with Gasteiger partial charge in [0.05, 0.1) is 36.6 Å². The standard InChI is InChI=1S/C17H26N2O4/c1-6-22-17(21)15-12(4)16(18-13(15)5)14(20)9-19-7-10(2)23-11(3)8-19/h10-11,18H,6-9H2,1-5H3/t10-,11-/m1/s1. The first-order valence-corrected chi connectivity index (χ1v) is 8.10. The molecule has 0 aromatic carbocycles. The largest absolute Gasteiger partial charge is 0.462 e. The molecule has 1 aliphatic heterocycles. The minimum Gasteiger partial charge on any atom is -0.462 e. The molecule has 1 saturated heterocycles. The van der Waals surface area contributed by atoms with Gasteiger partial charge < -0.3 is 14.5 Å². The number of ether oxygens (including phenoxy) is 2. The Morgan fingerprint density at radius 1 is 1.26 bits per heavy atom. The molecule has 0 unspecified atom stereocenters. The Labute approximate surface area is 137 Å². The van der Waals surface area contributed by atoms with Crippen LogP contribution in [0.4, 0.5) is 0 Å². The van der Waals surface area contributed by atoms with E-state index in [1.807, 2.05) is 13.8 Å². The molecule has 1 N–H and O–H groups in total. The van der Waals surface area contributed by atoms with Crippen molar-refractivity contribution in [1.82, 2.24) is 9.88 Å². The van der Waals surface area contributed by atoms with Crippen LogP contribution in [0, 0.1) is 13.8 Å². The van der Waals surface area contributed by atoms with Crippen molar-refractivity contribution < 1.29 is 19.1 Å². The first-order valence-electron chi connectivity index (χ1n) is 8.10. The number of ketones is 1. The number of hydrogen-bond acceptors (Lipinski definition) is 5. The normalized spacial score (nSPS) is 22.1. The van der Waals surface area contributed by atoms with Gasteiger partial charge in [0.2, 0.25) is 0 Å². The predicted octanol–water partition coefficient (Wildman–Crippen LogP) is 2.10. The molecule has 0 bridgehead atoms. The number of esters is 1. The summed E-state index contributed by atoms with van der Waals surface area (Å²) in [5, 5.41) is 0. The summed E-state index contributed by atoms with van der Waals surface area (Å²) in [7, 11) is 0. The number of morpholine rings is 1. The summed E-state index contributed by atoms with van der Waals surface area (Å²) < 4.78 is 10.8. The number of hydrogen-bond donors (Lipinski definition) is 1. The van der Waals surface area contributed by atoms with Crippen LogP contribution in [0.2, 0.25) is 0 Å². The second kappa shape index (κ2) is 7.27. The molecule has 0 saturated carbocycles. The van der Waals surface area contributed by atoms with Gasteiger partial charge in [-0.2, -0.15) is 0 Å². The summed E-state index contributed by atoms with van der Waals surface area (Å²) >= 11 is 0. The number of Topliss-reactive ketones (excluding diaryl/α,β-unsaturated/α-hetero) is 1. The highest BCUT2D eigenvalue weighted by molar-refractivity contribution is 6.02. The van der Waals surface area contributed by atoms with Crippen molar-refractivity contribution in [2.45, 2.75) is 46.8 Å². The Morgan fingerprint density at radius 2 is 1.87 bits per heavy atom. The number of aryl methyl sites for hydroxylation is 1. The van der Waals surface area contributed by atoms with Crippen LogP contribution >= 0.6 is 0 Å². The van der Waals surface area contributed by atoms with Crippen molar-refractivity contribution in [3.05, 3.63) is 22.5 Å². The number of nitrogens with zero attached hydrogens (tertiary/aromatic N) is 1. The smallest absolute Gasteiger partial charge is 0.340 e. The molecule has 6 heteroatoms. The van der Waals surface area contributed by atoms with E-state index in [1.54, 1.807) is 20.8 Å². The van der Waals surface area contributed by atoms with Gasteiger partial charge >= 0.3 is 5.97 Å². The molecule has 1 aromatic heterocycles. The van der Waals surface area contributed by atoms with Crippen molar-refractivity contribution in [3.63, 3.8) is 0 Å². The molecule has 0 spiro atoms. The zero-order valence-corrected chi connectivity index (χ0v) is 14.6. The summed E-state index contributed by atoms with van der Waals surface area (Å²) in [4.78, 5) is 29.8. The van der Waals surface area contributed by atoms with Crippen molar-refractivity contribution >= 4 is 11.8 Å². The lowest BCUT2D eigenvalue weighted by molar-refractivity contribution is -0.0652. The first kappa shape index (κ1) is 17.7. The Bertz CT molecular complexity index is 584. The fraction of sp³-hybridized carbons (Fsp3) is 0.647. The fourth-order valence-electron chi connectivity index (χ4n) is 3.23. The van der Waals surface area contributed by atoms with Gasteiger partial charge in [0.1, 0.15) is 0 Å². The summed E-state index contributed by atoms with van der Waals surface area (Å²) in [6.45, 7) is 11.5. The summed E-state index contributed by atoms with van der Waals surface area (Å²) in [6.07, 6.45) is 0.237. The topological polar surface area (TPSA) is 71.6 Å². The molecular formula is C17H26N2O4. The zero-order valence-electron chi connectivity index (χ0n) is 14.6. The lowest BCUT2D eigenvalue weighted by Crippen LogP contribution is -2.47. The SMILES string of the molecule is CCOC(=O)c1c(C)[nH]c(C(=O)CN2C[C@@H](C)O[C@H](C)C2)c1C. The van der Waals surface area contributed by atoms with Crippen molar-refractivity contribution in [2.75, 3.05) is 26.2 Å². The molecule has 2 heterocycles. The highest BCUT2D eigenvalue weighted by Crippen LogP contribution is 2.20. The maximum atomic E-state index is 12.6. The Balaban J connectivity index is 2.14. The van der Waals surface area contributed by atoms with Gasteiger partial charge in [0, 0.05) is 18.8 Å². The van der Waals surface area contributed by atoms with E-state index in [-0.39, 0.29) is 24.0 Å². The maximum absolute atomic E-state index is 12.6. The Kier molecular flexibility index (Phi) is 5.59. The van der Waals surface area contributed by atoms with Crippen LogP contribution in [-0.4, -0.2) is 60.1 Å². The van der Waals surface area contributed by atoms with Crippen LogP contribution in [0.5, 0.6) is 0 Å². The number of rotatable bonds is 5. The van der Waals surface area contributed by atoms with E-state index in [0.29, 0.717) is 35.7 Å². The molecule has 6 nitrogen and oxygen atoms in total. The van der Waals surface area contributed by atoms with Crippen LogP contribution in [0.15, 0.2) is 0 Å². The monoisotopic (exact) mass is 322 g/mol. The average Bonchev–Trinajstić information content (AvgIpc) is 2.73. The summed E-state index contributed by atoms with van der Waals surface area (Å²) in [5.74, 6) is -0.395. The quantitative estimate of drug-likeness (QED) is 0.664.